The van der Waals surface area contributed by atoms with E-state index in [-0.39, 0.29) is 0 Å². The van der Waals surface area contributed by atoms with E-state index in [1.54, 1.807) is 0 Å². The van der Waals surface area contributed by atoms with Gasteiger partial charge in [-0.25, -0.2) is 0 Å². The van der Waals surface area contributed by atoms with Crippen molar-refractivity contribution in [3.63, 3.8) is 0 Å². The molecule has 1 aliphatic rings. The van der Waals surface area contributed by atoms with Crippen molar-refractivity contribution in [1.29, 1.82) is 0 Å². The largest absolute Gasteiger partial charge is 0.379 e. The van der Waals surface area contributed by atoms with Crippen LogP contribution in [0.15, 0.2) is 0 Å². The van der Waals surface area contributed by atoms with Crippen LogP contribution in [0.25, 0.3) is 0 Å². The third-order valence-corrected chi connectivity index (χ3v) is 3.09. The van der Waals surface area contributed by atoms with E-state index in [1.807, 2.05) is 0 Å². The quantitative estimate of drug-likeness (QED) is 0.695. The number of rotatable bonds is 7. The van der Waals surface area contributed by atoms with E-state index in [4.69, 9.17) is 4.74 Å². The molecular weight excluding hydrogens is 188 g/mol. The van der Waals surface area contributed by atoms with Crippen molar-refractivity contribution >= 4 is 0 Å². The number of nitrogens with zero attached hydrogens (tertiary/aromatic N) is 1. The summed E-state index contributed by atoms with van der Waals surface area (Å²) in [5, 5.41) is 3.64. The predicted octanol–water partition coefficient (Wildman–Crippen LogP) is 1.49. The smallest absolute Gasteiger partial charge is 0.0594 e. The van der Waals surface area contributed by atoms with E-state index in [0.29, 0.717) is 0 Å². The van der Waals surface area contributed by atoms with Crippen LogP contribution >= 0.6 is 0 Å². The first kappa shape index (κ1) is 12.9. The monoisotopic (exact) mass is 214 g/mol. The van der Waals surface area contributed by atoms with Gasteiger partial charge in [-0.3, -0.25) is 4.90 Å². The van der Waals surface area contributed by atoms with Crippen LogP contribution in [0.3, 0.4) is 0 Å². The van der Waals surface area contributed by atoms with E-state index in [2.05, 4.69) is 24.1 Å². The lowest BCUT2D eigenvalue weighted by atomic mass is 10.1. The molecule has 0 aromatic rings. The maximum absolute atomic E-state index is 5.32. The Hall–Kier alpha value is -0.120. The molecule has 3 heteroatoms. The summed E-state index contributed by atoms with van der Waals surface area (Å²) in [5.74, 6) is 0. The van der Waals surface area contributed by atoms with Crippen molar-refractivity contribution in [3.05, 3.63) is 0 Å². The van der Waals surface area contributed by atoms with Crippen molar-refractivity contribution in [2.75, 3.05) is 39.4 Å². The van der Waals surface area contributed by atoms with Crippen LogP contribution in [-0.4, -0.2) is 50.3 Å². The maximum Gasteiger partial charge on any atom is 0.0594 e. The number of hydrogen-bond donors (Lipinski definition) is 1. The topological polar surface area (TPSA) is 24.5 Å². The Balaban J connectivity index is 2.03. The van der Waals surface area contributed by atoms with Crippen LogP contribution in [0, 0.1) is 0 Å². The third kappa shape index (κ3) is 5.50. The summed E-state index contributed by atoms with van der Waals surface area (Å²) >= 11 is 0. The summed E-state index contributed by atoms with van der Waals surface area (Å²) in [6.07, 6.45) is 3.83. The highest BCUT2D eigenvalue weighted by Gasteiger charge is 2.10. The fourth-order valence-corrected chi connectivity index (χ4v) is 2.05. The van der Waals surface area contributed by atoms with Crippen LogP contribution in [0.5, 0.6) is 0 Å². The van der Waals surface area contributed by atoms with E-state index < -0.39 is 0 Å². The second-order valence-corrected chi connectivity index (χ2v) is 4.30. The lowest BCUT2D eigenvalue weighted by Gasteiger charge is -2.27. The van der Waals surface area contributed by atoms with Gasteiger partial charge in [0.05, 0.1) is 13.2 Å². The molecule has 1 unspecified atom stereocenters. The summed E-state index contributed by atoms with van der Waals surface area (Å²) in [6, 6.07) is 0.719. The first-order chi connectivity index (χ1) is 7.36. The molecule has 0 aromatic carbocycles. The standard InChI is InChI=1S/C12H26N2O/c1-3-5-12(4-2)13-6-7-14-8-10-15-11-9-14/h12-13H,3-11H2,1-2H3. The van der Waals surface area contributed by atoms with Gasteiger partial charge >= 0.3 is 0 Å². The summed E-state index contributed by atoms with van der Waals surface area (Å²) in [6.45, 7) is 10.8. The van der Waals surface area contributed by atoms with Gasteiger partial charge in [-0.15, -0.1) is 0 Å². The van der Waals surface area contributed by atoms with Gasteiger partial charge in [0.25, 0.3) is 0 Å². The molecule has 1 rings (SSSR count). The highest BCUT2D eigenvalue weighted by Crippen LogP contribution is 2.01. The Bertz CT molecular complexity index is 142. The molecule has 1 N–H and O–H groups in total. The molecule has 3 nitrogen and oxygen atoms in total. The van der Waals surface area contributed by atoms with Gasteiger partial charge in [-0.05, 0) is 12.8 Å². The molecule has 1 fully saturated rings. The lowest BCUT2D eigenvalue weighted by Crippen LogP contribution is -2.42. The molecule has 1 saturated heterocycles. The SMILES string of the molecule is CCCC(CC)NCCN1CCOCC1. The summed E-state index contributed by atoms with van der Waals surface area (Å²) < 4.78 is 5.32. The van der Waals surface area contributed by atoms with E-state index >= 15 is 0 Å². The second-order valence-electron chi connectivity index (χ2n) is 4.30. The van der Waals surface area contributed by atoms with E-state index in [9.17, 15) is 0 Å². The molecular formula is C12H26N2O. The first-order valence-corrected chi connectivity index (χ1v) is 6.40. The summed E-state index contributed by atoms with van der Waals surface area (Å²) in [7, 11) is 0. The van der Waals surface area contributed by atoms with Gasteiger partial charge < -0.3 is 10.1 Å². The summed E-state index contributed by atoms with van der Waals surface area (Å²) in [5.41, 5.74) is 0. The lowest BCUT2D eigenvalue weighted by molar-refractivity contribution is 0.0381. The van der Waals surface area contributed by atoms with Gasteiger partial charge in [0.1, 0.15) is 0 Å². The molecule has 0 saturated carbocycles. The van der Waals surface area contributed by atoms with Gasteiger partial charge in [-0.2, -0.15) is 0 Å². The highest BCUT2D eigenvalue weighted by molar-refractivity contribution is 4.67. The number of hydrogen-bond acceptors (Lipinski definition) is 3. The van der Waals surface area contributed by atoms with E-state index in [0.717, 1.165) is 38.9 Å². The minimum absolute atomic E-state index is 0.719. The molecule has 0 amide bonds. The molecule has 0 aromatic heterocycles. The second kappa shape index (κ2) is 8.08. The van der Waals surface area contributed by atoms with Crippen LogP contribution in [0.4, 0.5) is 0 Å². The molecule has 15 heavy (non-hydrogen) atoms. The van der Waals surface area contributed by atoms with Crippen LogP contribution in [0.1, 0.15) is 33.1 Å². The Morgan fingerprint density at radius 1 is 1.27 bits per heavy atom. The van der Waals surface area contributed by atoms with Gasteiger partial charge in [0.2, 0.25) is 0 Å². The Kier molecular flexibility index (Phi) is 6.98. The summed E-state index contributed by atoms with van der Waals surface area (Å²) in [4.78, 5) is 2.48. The molecule has 1 heterocycles. The number of morpholine rings is 1. The van der Waals surface area contributed by atoms with Crippen molar-refractivity contribution in [1.82, 2.24) is 10.2 Å². The number of ether oxygens (including phenoxy) is 1. The minimum atomic E-state index is 0.719. The minimum Gasteiger partial charge on any atom is -0.379 e. The normalized spacial score (nSPS) is 20.4. The molecule has 1 atom stereocenters. The van der Waals surface area contributed by atoms with Gasteiger partial charge in [0, 0.05) is 32.2 Å². The van der Waals surface area contributed by atoms with Crippen molar-refractivity contribution < 1.29 is 4.74 Å². The average molecular weight is 214 g/mol. The van der Waals surface area contributed by atoms with Crippen LogP contribution < -0.4 is 5.32 Å². The molecule has 90 valence electrons. The molecule has 0 spiro atoms. The molecule has 0 aliphatic carbocycles. The number of nitrogens with one attached hydrogen (secondary N) is 1. The van der Waals surface area contributed by atoms with Crippen molar-refractivity contribution in [2.45, 2.75) is 39.2 Å². The van der Waals surface area contributed by atoms with Crippen LogP contribution in [0.2, 0.25) is 0 Å². The van der Waals surface area contributed by atoms with Gasteiger partial charge in [0.15, 0.2) is 0 Å². The van der Waals surface area contributed by atoms with Gasteiger partial charge in [-0.1, -0.05) is 20.3 Å². The third-order valence-electron chi connectivity index (χ3n) is 3.09. The fourth-order valence-electron chi connectivity index (χ4n) is 2.05. The zero-order valence-electron chi connectivity index (χ0n) is 10.3. The predicted molar refractivity (Wildman–Crippen MR) is 64.2 cm³/mol. The Morgan fingerprint density at radius 3 is 2.60 bits per heavy atom. The fraction of sp³-hybridized carbons (Fsp3) is 1.00. The molecule has 0 bridgehead atoms. The Morgan fingerprint density at radius 2 is 2.00 bits per heavy atom. The van der Waals surface area contributed by atoms with Crippen molar-refractivity contribution in [2.24, 2.45) is 0 Å². The zero-order valence-corrected chi connectivity index (χ0v) is 10.3. The Labute approximate surface area is 94.2 Å². The highest BCUT2D eigenvalue weighted by atomic mass is 16.5. The van der Waals surface area contributed by atoms with Crippen molar-refractivity contribution in [3.8, 4) is 0 Å². The molecule has 0 radical (unpaired) electrons. The zero-order chi connectivity index (χ0) is 10.9. The van der Waals surface area contributed by atoms with Crippen LogP contribution in [-0.2, 0) is 4.74 Å². The maximum atomic E-state index is 5.32. The molecule has 1 aliphatic heterocycles. The first-order valence-electron chi connectivity index (χ1n) is 6.40. The average Bonchev–Trinajstić information content (AvgIpc) is 2.29. The van der Waals surface area contributed by atoms with E-state index in [1.165, 1.54) is 25.8 Å².